The normalized spacial score (nSPS) is 11.6. The minimum Gasteiger partial charge on any atom is -0.347 e. The van der Waals surface area contributed by atoms with Gasteiger partial charge in [-0.3, -0.25) is 0 Å². The van der Waals surface area contributed by atoms with E-state index in [2.05, 4.69) is 49.7 Å². The molecule has 2 aromatic rings. The Bertz CT molecular complexity index is 514. The van der Waals surface area contributed by atoms with Crippen LogP contribution in [0.4, 0.5) is 0 Å². The van der Waals surface area contributed by atoms with E-state index in [1.807, 2.05) is 11.8 Å². The van der Waals surface area contributed by atoms with E-state index in [1.165, 1.54) is 22.2 Å². The molecule has 0 aliphatic carbocycles. The second kappa shape index (κ2) is 5.15. The predicted molar refractivity (Wildman–Crippen MR) is 77.2 cm³/mol. The Morgan fingerprint density at radius 1 is 1.29 bits per heavy atom. The molecule has 2 nitrogen and oxygen atoms in total. The first-order valence-corrected chi connectivity index (χ1v) is 7.05. The third-order valence-electron chi connectivity index (χ3n) is 3.01. The first-order chi connectivity index (χ1) is 8.11. The van der Waals surface area contributed by atoms with E-state index in [-0.39, 0.29) is 0 Å². The number of rotatable bonds is 4. The maximum absolute atomic E-state index is 5.68. The van der Waals surface area contributed by atoms with Crippen molar-refractivity contribution in [3.63, 3.8) is 0 Å². The van der Waals surface area contributed by atoms with Crippen LogP contribution in [-0.2, 0) is 19.3 Å². The molecular weight excluding hydrogens is 228 g/mol. The fourth-order valence-electron chi connectivity index (χ4n) is 1.95. The van der Waals surface area contributed by atoms with Crippen LogP contribution in [0, 0.1) is 0 Å². The molecule has 0 saturated heterocycles. The van der Waals surface area contributed by atoms with Gasteiger partial charge in [0.2, 0.25) is 0 Å². The molecule has 0 radical (unpaired) electrons. The molecule has 0 spiro atoms. The van der Waals surface area contributed by atoms with Crippen LogP contribution in [0.15, 0.2) is 24.3 Å². The monoisotopic (exact) mass is 248 g/mol. The zero-order chi connectivity index (χ0) is 12.4. The minimum absolute atomic E-state index is 0.608. The summed E-state index contributed by atoms with van der Waals surface area (Å²) in [6.45, 7) is 5.08. The van der Waals surface area contributed by atoms with Gasteiger partial charge in [-0.1, -0.05) is 26.0 Å². The molecule has 1 aromatic carbocycles. The Balaban J connectivity index is 2.35. The fraction of sp³-hybridized carbons (Fsp3) is 0.429. The topological polar surface area (TPSA) is 30.9 Å². The molecule has 0 unspecified atom stereocenters. The Hall–Kier alpha value is -0.930. The maximum Gasteiger partial charge on any atom is 0.0483 e. The van der Waals surface area contributed by atoms with Gasteiger partial charge in [0.15, 0.2) is 0 Å². The molecule has 0 amide bonds. The van der Waals surface area contributed by atoms with Crippen LogP contribution in [0.2, 0.25) is 0 Å². The molecule has 0 bridgehead atoms. The Labute approximate surface area is 107 Å². The van der Waals surface area contributed by atoms with Crippen molar-refractivity contribution in [2.45, 2.75) is 31.4 Å². The zero-order valence-corrected chi connectivity index (χ0v) is 11.6. The van der Waals surface area contributed by atoms with Crippen molar-refractivity contribution in [1.29, 1.82) is 0 Å². The lowest BCUT2D eigenvalue weighted by molar-refractivity contribution is 0.905. The molecule has 17 heavy (non-hydrogen) atoms. The molecule has 0 saturated carbocycles. The van der Waals surface area contributed by atoms with Crippen LogP contribution in [-0.4, -0.2) is 9.82 Å². The molecule has 1 heterocycles. The smallest absolute Gasteiger partial charge is 0.0483 e. The summed E-state index contributed by atoms with van der Waals surface area (Å²) in [5.74, 6) is 1.07. The van der Waals surface area contributed by atoms with Gasteiger partial charge in [0, 0.05) is 30.6 Å². The molecule has 1 aromatic heterocycles. The van der Waals surface area contributed by atoms with Gasteiger partial charge in [-0.2, -0.15) is 11.8 Å². The van der Waals surface area contributed by atoms with Gasteiger partial charge in [0.25, 0.3) is 0 Å². The van der Waals surface area contributed by atoms with Crippen LogP contribution in [0.3, 0.4) is 0 Å². The summed E-state index contributed by atoms with van der Waals surface area (Å²) in [5, 5.41) is 1.98. The first kappa shape index (κ1) is 12.5. The van der Waals surface area contributed by atoms with Crippen LogP contribution in [0.5, 0.6) is 0 Å². The van der Waals surface area contributed by atoms with Gasteiger partial charge in [-0.25, -0.2) is 0 Å². The second-order valence-corrected chi connectivity index (χ2v) is 6.22. The number of hydrogen-bond donors (Lipinski definition) is 1. The third kappa shape index (κ3) is 2.67. The molecule has 0 fully saturated rings. The largest absolute Gasteiger partial charge is 0.347 e. The van der Waals surface area contributed by atoms with Crippen LogP contribution in [0.1, 0.15) is 25.1 Å². The summed E-state index contributed by atoms with van der Waals surface area (Å²) >= 11 is 1.98. The van der Waals surface area contributed by atoms with Crippen LogP contribution < -0.4 is 5.73 Å². The maximum atomic E-state index is 5.68. The van der Waals surface area contributed by atoms with E-state index in [9.17, 15) is 0 Å². The highest BCUT2D eigenvalue weighted by atomic mass is 32.2. The van der Waals surface area contributed by atoms with Crippen LogP contribution >= 0.6 is 11.8 Å². The van der Waals surface area contributed by atoms with E-state index >= 15 is 0 Å². The SMILES string of the molecule is CC(C)SCc1cc2ccc(CN)cc2n1C. The van der Waals surface area contributed by atoms with Gasteiger partial charge in [0.1, 0.15) is 0 Å². The standard InChI is InChI=1S/C14H20N2S/c1-10(2)17-9-13-7-12-5-4-11(8-15)6-14(12)16(13)3/h4-7,10H,8-9,15H2,1-3H3. The van der Waals surface area contributed by atoms with Crippen molar-refractivity contribution in [3.05, 3.63) is 35.5 Å². The van der Waals surface area contributed by atoms with E-state index in [1.54, 1.807) is 0 Å². The molecule has 0 aliphatic rings. The van der Waals surface area contributed by atoms with Gasteiger partial charge >= 0.3 is 0 Å². The minimum atomic E-state index is 0.608. The van der Waals surface area contributed by atoms with Crippen molar-refractivity contribution >= 4 is 22.7 Å². The van der Waals surface area contributed by atoms with E-state index in [0.29, 0.717) is 11.8 Å². The molecule has 0 aliphatic heterocycles. The van der Waals surface area contributed by atoms with Gasteiger partial charge < -0.3 is 10.3 Å². The van der Waals surface area contributed by atoms with Gasteiger partial charge in [-0.15, -0.1) is 0 Å². The zero-order valence-electron chi connectivity index (χ0n) is 10.7. The lowest BCUT2D eigenvalue weighted by Crippen LogP contribution is -1.98. The Kier molecular flexibility index (Phi) is 3.79. The van der Waals surface area contributed by atoms with E-state index < -0.39 is 0 Å². The summed E-state index contributed by atoms with van der Waals surface area (Å²) in [7, 11) is 2.14. The molecule has 92 valence electrons. The number of aryl methyl sites for hydroxylation is 1. The number of nitrogens with two attached hydrogens (primary N) is 1. The molecule has 2 N–H and O–H groups in total. The fourth-order valence-corrected chi connectivity index (χ4v) is 2.73. The molecular formula is C14H20N2S. The highest BCUT2D eigenvalue weighted by Crippen LogP contribution is 2.24. The summed E-state index contributed by atoms with van der Waals surface area (Å²) in [6, 6.07) is 8.76. The highest BCUT2D eigenvalue weighted by molar-refractivity contribution is 7.99. The van der Waals surface area contributed by atoms with Crippen molar-refractivity contribution in [2.75, 3.05) is 0 Å². The van der Waals surface area contributed by atoms with Crippen molar-refractivity contribution in [2.24, 2.45) is 12.8 Å². The van der Waals surface area contributed by atoms with Crippen molar-refractivity contribution in [1.82, 2.24) is 4.57 Å². The Morgan fingerprint density at radius 3 is 2.71 bits per heavy atom. The summed E-state index contributed by atoms with van der Waals surface area (Å²) < 4.78 is 2.28. The highest BCUT2D eigenvalue weighted by Gasteiger charge is 2.07. The third-order valence-corrected chi connectivity index (χ3v) is 4.14. The average molecular weight is 248 g/mol. The number of thioether (sulfide) groups is 1. The quantitative estimate of drug-likeness (QED) is 0.900. The van der Waals surface area contributed by atoms with Crippen molar-refractivity contribution < 1.29 is 0 Å². The summed E-state index contributed by atoms with van der Waals surface area (Å²) in [5.41, 5.74) is 9.55. The predicted octanol–water partition coefficient (Wildman–Crippen LogP) is 3.28. The lowest BCUT2D eigenvalue weighted by atomic mass is 10.1. The second-order valence-electron chi connectivity index (χ2n) is 4.65. The van der Waals surface area contributed by atoms with Gasteiger partial charge in [-0.05, 0) is 28.3 Å². The number of hydrogen-bond acceptors (Lipinski definition) is 2. The number of fused-ring (bicyclic) bond motifs is 1. The van der Waals surface area contributed by atoms with Crippen LogP contribution in [0.25, 0.3) is 10.9 Å². The number of nitrogens with zero attached hydrogens (tertiary/aromatic N) is 1. The summed E-state index contributed by atoms with van der Waals surface area (Å²) in [6.07, 6.45) is 0. The molecule has 3 heteroatoms. The number of aromatic nitrogens is 1. The summed E-state index contributed by atoms with van der Waals surface area (Å²) in [4.78, 5) is 0. The average Bonchev–Trinajstić information content (AvgIpc) is 2.63. The Morgan fingerprint density at radius 2 is 2.06 bits per heavy atom. The van der Waals surface area contributed by atoms with Gasteiger partial charge in [0.05, 0.1) is 0 Å². The first-order valence-electron chi connectivity index (χ1n) is 6.00. The number of benzene rings is 1. The molecule has 2 rings (SSSR count). The molecule has 0 atom stereocenters. The van der Waals surface area contributed by atoms with Crippen molar-refractivity contribution in [3.8, 4) is 0 Å². The van der Waals surface area contributed by atoms with E-state index in [0.717, 1.165) is 5.75 Å². The lowest BCUT2D eigenvalue weighted by Gasteiger charge is -2.06. The van der Waals surface area contributed by atoms with E-state index in [4.69, 9.17) is 5.73 Å².